The smallest absolute Gasteiger partial charge is 0.117 e. The molecule has 1 aliphatic rings. The van der Waals surface area contributed by atoms with Gasteiger partial charge in [-0.05, 0) is 69.0 Å². The van der Waals surface area contributed by atoms with E-state index in [1.165, 1.54) is 5.56 Å². The van der Waals surface area contributed by atoms with Gasteiger partial charge in [-0.25, -0.2) is 0 Å². The van der Waals surface area contributed by atoms with Crippen LogP contribution in [-0.4, -0.2) is 49.3 Å². The predicted octanol–water partition coefficient (Wildman–Crippen LogP) is 10.4. The highest BCUT2D eigenvalue weighted by atomic mass is 35.5. The summed E-state index contributed by atoms with van der Waals surface area (Å²) in [6.07, 6.45) is -1.45. The number of aliphatic hydroxyl groups is 1. The summed E-state index contributed by atoms with van der Waals surface area (Å²) in [4.78, 5) is 0. The molecule has 5 unspecified atom stereocenters. The molecule has 7 rings (SSSR count). The zero-order valence-corrected chi connectivity index (χ0v) is 35.0. The Morgan fingerprint density at radius 2 is 1.02 bits per heavy atom. The Balaban J connectivity index is 1.32. The Morgan fingerprint density at radius 1 is 0.517 bits per heavy atom. The van der Waals surface area contributed by atoms with Crippen LogP contribution in [0.25, 0.3) is 0 Å². The number of rotatable bonds is 21. The lowest BCUT2D eigenvalue weighted by molar-refractivity contribution is -0.275. The van der Waals surface area contributed by atoms with Crippen LogP contribution in [0.3, 0.4) is 0 Å². The van der Waals surface area contributed by atoms with Gasteiger partial charge in [0.15, 0.2) is 0 Å². The SMILES string of the molecule is CCc1ccc(Cc2cc(C3OC(COCc4ccccc4)C(OCc4ccccc4)C(OCc4ccccc4)C3OCc3ccccc3)c(COCCO)cc2Cl)cc1. The summed E-state index contributed by atoms with van der Waals surface area (Å²) in [6, 6.07) is 53.3. The summed E-state index contributed by atoms with van der Waals surface area (Å²) in [6.45, 7) is 4.08. The Kier molecular flexibility index (Phi) is 16.5. The largest absolute Gasteiger partial charge is 0.394 e. The molecule has 60 heavy (non-hydrogen) atoms. The maximum Gasteiger partial charge on any atom is 0.117 e. The summed E-state index contributed by atoms with van der Waals surface area (Å²) in [5.74, 6) is 0. The van der Waals surface area contributed by atoms with Crippen molar-refractivity contribution in [2.45, 2.75) is 83.3 Å². The van der Waals surface area contributed by atoms with E-state index < -0.39 is 30.5 Å². The van der Waals surface area contributed by atoms with E-state index in [0.29, 0.717) is 37.9 Å². The van der Waals surface area contributed by atoms with Crippen molar-refractivity contribution in [3.05, 3.63) is 213 Å². The lowest BCUT2D eigenvalue weighted by atomic mass is 9.87. The molecule has 0 aromatic heterocycles. The summed E-state index contributed by atoms with van der Waals surface area (Å²) < 4.78 is 40.8. The molecule has 1 N–H and O–H groups in total. The molecule has 6 aromatic carbocycles. The monoisotopic (exact) mass is 826 g/mol. The number of halogens is 1. The molecule has 1 fully saturated rings. The minimum Gasteiger partial charge on any atom is -0.394 e. The van der Waals surface area contributed by atoms with Crippen molar-refractivity contribution in [3.63, 3.8) is 0 Å². The second-order valence-corrected chi connectivity index (χ2v) is 15.6. The van der Waals surface area contributed by atoms with Gasteiger partial charge in [0.05, 0.1) is 52.9 Å². The fraction of sp³-hybridized carbons (Fsp3) is 0.308. The summed E-state index contributed by atoms with van der Waals surface area (Å²) >= 11 is 7.12. The summed E-state index contributed by atoms with van der Waals surface area (Å²) in [7, 11) is 0. The maximum atomic E-state index is 9.69. The van der Waals surface area contributed by atoms with Gasteiger partial charge in [-0.3, -0.25) is 0 Å². The lowest BCUT2D eigenvalue weighted by Gasteiger charge is -2.47. The van der Waals surface area contributed by atoms with Crippen molar-refractivity contribution in [2.75, 3.05) is 19.8 Å². The second kappa shape index (κ2) is 22.8. The summed E-state index contributed by atoms with van der Waals surface area (Å²) in [5, 5.41) is 10.3. The molecule has 312 valence electrons. The van der Waals surface area contributed by atoms with E-state index >= 15 is 0 Å². The molecule has 0 amide bonds. The van der Waals surface area contributed by atoms with Gasteiger partial charge in [-0.2, -0.15) is 0 Å². The molecular weight excluding hydrogens is 772 g/mol. The van der Waals surface area contributed by atoms with Crippen LogP contribution in [0.1, 0.15) is 63.1 Å². The molecule has 0 spiro atoms. The van der Waals surface area contributed by atoms with Crippen LogP contribution < -0.4 is 0 Å². The third kappa shape index (κ3) is 12.2. The minimum absolute atomic E-state index is 0.103. The van der Waals surface area contributed by atoms with Gasteiger partial charge >= 0.3 is 0 Å². The van der Waals surface area contributed by atoms with Crippen molar-refractivity contribution in [1.82, 2.24) is 0 Å². The van der Waals surface area contributed by atoms with E-state index in [9.17, 15) is 5.11 Å². The lowest BCUT2D eigenvalue weighted by Crippen LogP contribution is -2.58. The number of aryl methyl sites for hydroxylation is 1. The van der Waals surface area contributed by atoms with Crippen molar-refractivity contribution in [1.29, 1.82) is 0 Å². The Bertz CT molecular complexity index is 2140. The Labute approximate surface area is 359 Å². The van der Waals surface area contributed by atoms with Crippen LogP contribution in [0.5, 0.6) is 0 Å². The van der Waals surface area contributed by atoms with E-state index in [-0.39, 0.29) is 26.4 Å². The third-order valence-electron chi connectivity index (χ3n) is 10.8. The van der Waals surface area contributed by atoms with Crippen LogP contribution in [-0.2, 0) is 74.3 Å². The number of hydrogen-bond acceptors (Lipinski definition) is 7. The molecule has 6 aromatic rings. The van der Waals surface area contributed by atoms with E-state index in [4.69, 9.17) is 40.0 Å². The third-order valence-corrected chi connectivity index (χ3v) is 11.2. The van der Waals surface area contributed by atoms with E-state index in [1.54, 1.807) is 0 Å². The topological polar surface area (TPSA) is 75.6 Å². The van der Waals surface area contributed by atoms with Gasteiger partial charge in [0, 0.05) is 5.02 Å². The van der Waals surface area contributed by atoms with Crippen molar-refractivity contribution < 1.29 is 33.5 Å². The molecule has 0 radical (unpaired) electrons. The second-order valence-electron chi connectivity index (χ2n) is 15.1. The van der Waals surface area contributed by atoms with E-state index in [1.807, 2.05) is 78.9 Å². The van der Waals surface area contributed by atoms with Crippen LogP contribution >= 0.6 is 11.6 Å². The molecule has 0 bridgehead atoms. The van der Waals surface area contributed by atoms with Crippen LogP contribution in [0.2, 0.25) is 5.02 Å². The van der Waals surface area contributed by atoms with Gasteiger partial charge in [0.2, 0.25) is 0 Å². The van der Waals surface area contributed by atoms with Crippen molar-refractivity contribution in [2.24, 2.45) is 0 Å². The number of ether oxygens (including phenoxy) is 6. The molecule has 5 atom stereocenters. The quantitative estimate of drug-likeness (QED) is 0.0725. The first-order valence-corrected chi connectivity index (χ1v) is 21.3. The van der Waals surface area contributed by atoms with Gasteiger partial charge in [-0.15, -0.1) is 0 Å². The first-order chi connectivity index (χ1) is 29.6. The van der Waals surface area contributed by atoms with E-state index in [2.05, 4.69) is 85.8 Å². The van der Waals surface area contributed by atoms with E-state index in [0.717, 1.165) is 50.9 Å². The molecular formula is C52H55ClO7. The van der Waals surface area contributed by atoms with Gasteiger partial charge in [0.25, 0.3) is 0 Å². The molecule has 8 heteroatoms. The highest BCUT2D eigenvalue weighted by Gasteiger charge is 2.49. The predicted molar refractivity (Wildman–Crippen MR) is 236 cm³/mol. The zero-order valence-electron chi connectivity index (χ0n) is 34.2. The standard InChI is InChI=1S/C52H55ClO7/c1-2-38-23-25-39(26-24-38)29-44-30-46(45(31-47(44)53)36-55-28-27-54)49-51(58-34-42-19-11-5-12-20-42)52(59-35-43-21-13-6-14-22-43)50(57-33-41-17-9-4-10-18-41)48(60-49)37-56-32-40-15-7-3-8-16-40/h3-26,30-31,48-52,54H,2,27-29,32-37H2,1H3. The van der Waals surface area contributed by atoms with Gasteiger partial charge < -0.3 is 33.5 Å². The number of benzene rings is 6. The number of hydrogen-bond donors (Lipinski definition) is 1. The van der Waals surface area contributed by atoms with Crippen LogP contribution in [0, 0.1) is 0 Å². The van der Waals surface area contributed by atoms with Gasteiger partial charge in [0.1, 0.15) is 30.5 Å². The maximum absolute atomic E-state index is 9.69. The molecule has 1 heterocycles. The fourth-order valence-corrected chi connectivity index (χ4v) is 7.86. The molecule has 1 aliphatic heterocycles. The highest BCUT2D eigenvalue weighted by molar-refractivity contribution is 6.31. The average Bonchev–Trinajstić information content (AvgIpc) is 3.29. The highest BCUT2D eigenvalue weighted by Crippen LogP contribution is 2.41. The first-order valence-electron chi connectivity index (χ1n) is 20.9. The Morgan fingerprint density at radius 3 is 1.55 bits per heavy atom. The Hall–Kier alpha value is -4.67. The van der Waals surface area contributed by atoms with Gasteiger partial charge in [-0.1, -0.05) is 170 Å². The fourth-order valence-electron chi connectivity index (χ4n) is 7.60. The zero-order chi connectivity index (χ0) is 41.4. The van der Waals surface area contributed by atoms with Crippen LogP contribution in [0.15, 0.2) is 158 Å². The number of aliphatic hydroxyl groups excluding tert-OH is 1. The van der Waals surface area contributed by atoms with Crippen LogP contribution in [0.4, 0.5) is 0 Å². The van der Waals surface area contributed by atoms with Crippen molar-refractivity contribution in [3.8, 4) is 0 Å². The average molecular weight is 827 g/mol. The summed E-state index contributed by atoms with van der Waals surface area (Å²) in [5.41, 5.74) is 9.24. The normalized spacial score (nSPS) is 19.0. The van der Waals surface area contributed by atoms with Crippen molar-refractivity contribution >= 4 is 11.6 Å². The molecule has 7 nitrogen and oxygen atoms in total. The first kappa shape index (κ1) is 43.4. The molecule has 0 aliphatic carbocycles. The minimum atomic E-state index is -0.650. The molecule has 0 saturated carbocycles. The molecule has 1 saturated heterocycles.